The second kappa shape index (κ2) is 5.75. The van der Waals surface area contributed by atoms with Crippen LogP contribution in [0.4, 0.5) is 0 Å². The molecule has 0 saturated heterocycles. The second-order valence-corrected chi connectivity index (χ2v) is 4.94. The van der Waals surface area contributed by atoms with Crippen LogP contribution in [0.25, 0.3) is 22.2 Å². The highest BCUT2D eigenvalue weighted by Crippen LogP contribution is 2.25. The number of rotatable bonds is 4. The van der Waals surface area contributed by atoms with E-state index < -0.39 is 5.97 Å². The standard InChI is InChI=1S/C18H15NO2/c20-18(21)11-10-14-12-17(13-6-2-1-3-7-13)19-16-9-5-4-8-15(14)16/h1-9,12H,10-11H2,(H,20,21). The summed E-state index contributed by atoms with van der Waals surface area (Å²) in [7, 11) is 0. The number of carboxylic acid groups (broad SMARTS) is 1. The van der Waals surface area contributed by atoms with Gasteiger partial charge in [0.15, 0.2) is 0 Å². The molecule has 0 saturated carbocycles. The summed E-state index contributed by atoms with van der Waals surface area (Å²) in [5, 5.41) is 9.94. The van der Waals surface area contributed by atoms with Gasteiger partial charge in [-0.2, -0.15) is 0 Å². The van der Waals surface area contributed by atoms with Crippen molar-refractivity contribution >= 4 is 16.9 Å². The van der Waals surface area contributed by atoms with E-state index >= 15 is 0 Å². The van der Waals surface area contributed by atoms with Crippen LogP contribution in [0.3, 0.4) is 0 Å². The largest absolute Gasteiger partial charge is 0.481 e. The maximum atomic E-state index is 10.8. The molecule has 1 N–H and O–H groups in total. The number of carbonyl (C=O) groups is 1. The summed E-state index contributed by atoms with van der Waals surface area (Å²) in [6.45, 7) is 0. The molecule has 0 unspecified atom stereocenters. The average molecular weight is 277 g/mol. The predicted molar refractivity (Wildman–Crippen MR) is 83.1 cm³/mol. The molecule has 21 heavy (non-hydrogen) atoms. The molecular formula is C18H15NO2. The monoisotopic (exact) mass is 277 g/mol. The smallest absolute Gasteiger partial charge is 0.303 e. The fraction of sp³-hybridized carbons (Fsp3) is 0.111. The fourth-order valence-corrected chi connectivity index (χ4v) is 2.45. The molecule has 3 rings (SSSR count). The Morgan fingerprint density at radius 2 is 1.71 bits per heavy atom. The number of pyridine rings is 1. The van der Waals surface area contributed by atoms with E-state index in [2.05, 4.69) is 4.98 Å². The number of hydrogen-bond acceptors (Lipinski definition) is 2. The van der Waals surface area contributed by atoms with Crippen molar-refractivity contribution in [3.8, 4) is 11.3 Å². The lowest BCUT2D eigenvalue weighted by Crippen LogP contribution is -1.99. The van der Waals surface area contributed by atoms with Crippen LogP contribution in [0.5, 0.6) is 0 Å². The number of aromatic nitrogens is 1. The molecule has 0 bridgehead atoms. The van der Waals surface area contributed by atoms with Crippen LogP contribution in [-0.4, -0.2) is 16.1 Å². The van der Waals surface area contributed by atoms with Gasteiger partial charge in [0.2, 0.25) is 0 Å². The SMILES string of the molecule is O=C(O)CCc1cc(-c2ccccc2)nc2ccccc12. The summed E-state index contributed by atoms with van der Waals surface area (Å²) in [5.41, 5.74) is 3.86. The van der Waals surface area contributed by atoms with E-state index in [4.69, 9.17) is 5.11 Å². The van der Waals surface area contributed by atoms with Crippen molar-refractivity contribution in [2.24, 2.45) is 0 Å². The predicted octanol–water partition coefficient (Wildman–Crippen LogP) is 3.92. The molecule has 104 valence electrons. The van der Waals surface area contributed by atoms with Gasteiger partial charge in [-0.3, -0.25) is 4.79 Å². The van der Waals surface area contributed by atoms with Crippen LogP contribution in [0.2, 0.25) is 0 Å². The van der Waals surface area contributed by atoms with Crippen LogP contribution in [0.1, 0.15) is 12.0 Å². The summed E-state index contributed by atoms with van der Waals surface area (Å²) in [4.78, 5) is 15.5. The molecule has 0 aliphatic carbocycles. The molecule has 0 radical (unpaired) electrons. The summed E-state index contributed by atoms with van der Waals surface area (Å²) in [5.74, 6) is -0.780. The summed E-state index contributed by atoms with van der Waals surface area (Å²) in [6.07, 6.45) is 0.639. The first-order valence-corrected chi connectivity index (χ1v) is 6.90. The minimum absolute atomic E-state index is 0.127. The molecule has 3 nitrogen and oxygen atoms in total. The number of hydrogen-bond donors (Lipinski definition) is 1. The van der Waals surface area contributed by atoms with E-state index in [1.807, 2.05) is 60.7 Å². The van der Waals surface area contributed by atoms with Gasteiger partial charge in [-0.1, -0.05) is 48.5 Å². The number of aliphatic carboxylic acids is 1. The molecule has 1 heterocycles. The molecule has 3 aromatic rings. The van der Waals surface area contributed by atoms with Crippen molar-refractivity contribution < 1.29 is 9.90 Å². The third-order valence-corrected chi connectivity index (χ3v) is 3.48. The summed E-state index contributed by atoms with van der Waals surface area (Å²) < 4.78 is 0. The third kappa shape index (κ3) is 2.92. The van der Waals surface area contributed by atoms with Gasteiger partial charge in [0.05, 0.1) is 11.2 Å². The minimum Gasteiger partial charge on any atom is -0.481 e. The number of carboxylic acids is 1. The first-order valence-electron chi connectivity index (χ1n) is 6.90. The molecule has 2 aromatic carbocycles. The maximum Gasteiger partial charge on any atom is 0.303 e. The topological polar surface area (TPSA) is 50.2 Å². The number of aryl methyl sites for hydroxylation is 1. The fourth-order valence-electron chi connectivity index (χ4n) is 2.45. The molecule has 0 aliphatic rings. The van der Waals surface area contributed by atoms with E-state index in [9.17, 15) is 4.79 Å². The van der Waals surface area contributed by atoms with Crippen molar-refractivity contribution in [1.29, 1.82) is 0 Å². The Morgan fingerprint density at radius 3 is 2.48 bits per heavy atom. The summed E-state index contributed by atoms with van der Waals surface area (Å²) in [6, 6.07) is 19.8. The zero-order valence-corrected chi connectivity index (χ0v) is 11.5. The molecule has 0 fully saturated rings. The van der Waals surface area contributed by atoms with Crippen LogP contribution in [0.15, 0.2) is 60.7 Å². The Morgan fingerprint density at radius 1 is 1.00 bits per heavy atom. The van der Waals surface area contributed by atoms with E-state index in [1.165, 1.54) is 0 Å². The molecule has 3 heteroatoms. The lowest BCUT2D eigenvalue weighted by atomic mass is 10.0. The molecule has 0 spiro atoms. The lowest BCUT2D eigenvalue weighted by Gasteiger charge is -2.09. The average Bonchev–Trinajstić information content (AvgIpc) is 2.53. The van der Waals surface area contributed by atoms with Crippen molar-refractivity contribution in [2.75, 3.05) is 0 Å². The van der Waals surface area contributed by atoms with Crippen molar-refractivity contribution in [3.05, 3.63) is 66.2 Å². The van der Waals surface area contributed by atoms with Gasteiger partial charge < -0.3 is 5.11 Å². The zero-order valence-electron chi connectivity index (χ0n) is 11.5. The number of nitrogens with zero attached hydrogens (tertiary/aromatic N) is 1. The lowest BCUT2D eigenvalue weighted by molar-refractivity contribution is -0.136. The third-order valence-electron chi connectivity index (χ3n) is 3.48. The van der Waals surface area contributed by atoms with Gasteiger partial charge in [0.1, 0.15) is 0 Å². The molecule has 1 aromatic heterocycles. The maximum absolute atomic E-state index is 10.8. The van der Waals surface area contributed by atoms with E-state index in [-0.39, 0.29) is 6.42 Å². The van der Waals surface area contributed by atoms with Gasteiger partial charge in [0.25, 0.3) is 0 Å². The normalized spacial score (nSPS) is 10.7. The van der Waals surface area contributed by atoms with Gasteiger partial charge in [-0.25, -0.2) is 4.98 Å². The highest BCUT2D eigenvalue weighted by atomic mass is 16.4. The van der Waals surface area contributed by atoms with Crippen LogP contribution in [0, 0.1) is 0 Å². The zero-order chi connectivity index (χ0) is 14.7. The van der Waals surface area contributed by atoms with Gasteiger partial charge in [-0.05, 0) is 24.1 Å². The summed E-state index contributed by atoms with van der Waals surface area (Å²) >= 11 is 0. The highest BCUT2D eigenvalue weighted by Gasteiger charge is 2.08. The molecule has 0 aliphatic heterocycles. The Hall–Kier alpha value is -2.68. The molecule has 0 atom stereocenters. The Bertz CT molecular complexity index is 782. The van der Waals surface area contributed by atoms with Crippen molar-refractivity contribution in [1.82, 2.24) is 4.98 Å². The van der Waals surface area contributed by atoms with E-state index in [0.717, 1.165) is 27.7 Å². The Kier molecular flexibility index (Phi) is 3.65. The first kappa shape index (κ1) is 13.3. The van der Waals surface area contributed by atoms with Crippen LogP contribution >= 0.6 is 0 Å². The van der Waals surface area contributed by atoms with Gasteiger partial charge in [-0.15, -0.1) is 0 Å². The van der Waals surface area contributed by atoms with Crippen LogP contribution < -0.4 is 0 Å². The van der Waals surface area contributed by atoms with Gasteiger partial charge >= 0.3 is 5.97 Å². The quantitative estimate of drug-likeness (QED) is 0.786. The molecular weight excluding hydrogens is 262 g/mol. The Balaban J connectivity index is 2.12. The number of benzene rings is 2. The van der Waals surface area contributed by atoms with Gasteiger partial charge in [0, 0.05) is 17.4 Å². The molecule has 0 amide bonds. The number of para-hydroxylation sites is 1. The highest BCUT2D eigenvalue weighted by molar-refractivity contribution is 5.85. The van der Waals surface area contributed by atoms with Crippen LogP contribution in [-0.2, 0) is 11.2 Å². The minimum atomic E-state index is -0.780. The first-order chi connectivity index (χ1) is 10.2. The van der Waals surface area contributed by atoms with E-state index in [1.54, 1.807) is 0 Å². The number of fused-ring (bicyclic) bond motifs is 1. The second-order valence-electron chi connectivity index (χ2n) is 4.94. The van der Waals surface area contributed by atoms with Crippen molar-refractivity contribution in [2.45, 2.75) is 12.8 Å². The van der Waals surface area contributed by atoms with Crippen molar-refractivity contribution in [3.63, 3.8) is 0 Å². The van der Waals surface area contributed by atoms with E-state index in [0.29, 0.717) is 6.42 Å². The Labute approximate surface area is 122 Å².